The Hall–Kier alpha value is -1.82. The molecule has 0 fully saturated rings. The lowest BCUT2D eigenvalue weighted by molar-refractivity contribution is 0.565. The third-order valence-electron chi connectivity index (χ3n) is 2.34. The molecule has 0 atom stereocenters. The van der Waals surface area contributed by atoms with Crippen molar-refractivity contribution in [2.75, 3.05) is 0 Å². The number of aromatic amines is 1. The average Bonchev–Trinajstić information content (AvgIpc) is 2.66. The van der Waals surface area contributed by atoms with Crippen LogP contribution in [-0.4, -0.2) is 28.3 Å². The molecule has 3 N–H and O–H groups in total. The van der Waals surface area contributed by atoms with Gasteiger partial charge in [0, 0.05) is 28.8 Å². The lowest BCUT2D eigenvalue weighted by Crippen LogP contribution is -2.47. The molecule has 3 rings (SSSR count). The summed E-state index contributed by atoms with van der Waals surface area (Å²) in [4.78, 5) is 7.20. The van der Waals surface area contributed by atoms with Crippen LogP contribution in [0.25, 0.3) is 11.0 Å². The number of hydrazone groups is 1. The largest absolute Gasteiger partial charge is 0.465 e. The van der Waals surface area contributed by atoms with Gasteiger partial charge in [-0.2, -0.15) is 5.10 Å². The van der Waals surface area contributed by atoms with Crippen molar-refractivity contribution in [1.29, 1.82) is 0 Å². The molecule has 2 aromatic rings. The van der Waals surface area contributed by atoms with Gasteiger partial charge in [-0.25, -0.2) is 4.98 Å². The van der Waals surface area contributed by atoms with Crippen LogP contribution < -0.4 is 10.8 Å². The van der Waals surface area contributed by atoms with Crippen LogP contribution in [0.15, 0.2) is 23.6 Å². The summed E-state index contributed by atoms with van der Waals surface area (Å²) in [5.74, 6) is 0. The van der Waals surface area contributed by atoms with E-state index in [9.17, 15) is 5.02 Å². The van der Waals surface area contributed by atoms with Crippen molar-refractivity contribution in [2.45, 2.75) is 0 Å². The molecule has 0 spiro atoms. The van der Waals surface area contributed by atoms with Crippen LogP contribution in [0.3, 0.4) is 0 Å². The van der Waals surface area contributed by atoms with Gasteiger partial charge in [-0.15, -0.1) is 0 Å². The summed E-state index contributed by atoms with van der Waals surface area (Å²) >= 11 is 0. The zero-order valence-corrected chi connectivity index (χ0v) is 7.23. The normalized spacial score (nSPS) is 14.2. The molecule has 0 amide bonds. The highest BCUT2D eigenvalue weighted by molar-refractivity contribution is 6.66. The van der Waals surface area contributed by atoms with Crippen molar-refractivity contribution in [1.82, 2.24) is 15.3 Å². The first kappa shape index (κ1) is 7.58. The third-order valence-corrected chi connectivity index (χ3v) is 2.34. The van der Waals surface area contributed by atoms with Crippen LogP contribution in [0, 0.1) is 0 Å². The smallest absolute Gasteiger partial charge is 0.428 e. The minimum absolute atomic E-state index is 0.757. The second-order valence-electron chi connectivity index (χ2n) is 3.16. The summed E-state index contributed by atoms with van der Waals surface area (Å²) in [6.45, 7) is 0. The maximum absolute atomic E-state index is 9.58. The molecule has 1 aliphatic heterocycles. The minimum Gasteiger partial charge on any atom is -0.428 e. The Morgan fingerprint density at radius 1 is 1.43 bits per heavy atom. The maximum atomic E-state index is 9.58. The highest BCUT2D eigenvalue weighted by Crippen LogP contribution is 2.13. The molecule has 0 unspecified atom stereocenters. The fourth-order valence-electron chi connectivity index (χ4n) is 1.65. The predicted octanol–water partition coefficient (Wildman–Crippen LogP) is -0.813. The molecule has 6 heteroatoms. The quantitative estimate of drug-likeness (QED) is 0.471. The summed E-state index contributed by atoms with van der Waals surface area (Å²) in [7, 11) is -0.762. The zero-order valence-electron chi connectivity index (χ0n) is 7.23. The van der Waals surface area contributed by atoms with E-state index in [1.165, 1.54) is 0 Å². The summed E-state index contributed by atoms with van der Waals surface area (Å²) in [6.07, 6.45) is 5.16. The highest BCUT2D eigenvalue weighted by atomic mass is 16.2. The first-order valence-electron chi connectivity index (χ1n) is 4.29. The number of nitrogens with zero attached hydrogens (tertiary/aromatic N) is 2. The molecule has 0 aromatic carbocycles. The number of pyridine rings is 1. The van der Waals surface area contributed by atoms with Crippen molar-refractivity contribution in [3.63, 3.8) is 0 Å². The monoisotopic (exact) mass is 186 g/mol. The SMILES string of the molecule is OB1NN=Cc2c1cnc1[nH]ccc21. The lowest BCUT2D eigenvalue weighted by atomic mass is 9.72. The number of fused-ring (bicyclic) bond motifs is 3. The number of aromatic nitrogens is 2. The van der Waals surface area contributed by atoms with E-state index in [4.69, 9.17) is 0 Å². The van der Waals surface area contributed by atoms with Gasteiger partial charge in [-0.1, -0.05) is 0 Å². The van der Waals surface area contributed by atoms with Crippen molar-refractivity contribution in [2.24, 2.45) is 5.10 Å². The van der Waals surface area contributed by atoms with E-state index in [-0.39, 0.29) is 0 Å². The Labute approximate surface area is 80.0 Å². The summed E-state index contributed by atoms with van der Waals surface area (Å²) in [6, 6.07) is 1.92. The number of H-pyrrole nitrogens is 1. The van der Waals surface area contributed by atoms with Crippen LogP contribution >= 0.6 is 0 Å². The molecule has 14 heavy (non-hydrogen) atoms. The van der Waals surface area contributed by atoms with Gasteiger partial charge in [-0.3, -0.25) is 0 Å². The lowest BCUT2D eigenvalue weighted by Gasteiger charge is -2.13. The van der Waals surface area contributed by atoms with Crippen LogP contribution in [0.2, 0.25) is 0 Å². The molecule has 68 valence electrons. The number of hydrogen-bond donors (Lipinski definition) is 3. The van der Waals surface area contributed by atoms with Crippen molar-refractivity contribution in [3.8, 4) is 0 Å². The van der Waals surface area contributed by atoms with Crippen molar-refractivity contribution < 1.29 is 5.02 Å². The molecule has 0 saturated carbocycles. The number of hydrogen-bond acceptors (Lipinski definition) is 4. The van der Waals surface area contributed by atoms with Gasteiger partial charge in [0.2, 0.25) is 0 Å². The van der Waals surface area contributed by atoms with Gasteiger partial charge in [0.05, 0.1) is 6.21 Å². The molecule has 2 aromatic heterocycles. The van der Waals surface area contributed by atoms with Crippen molar-refractivity contribution in [3.05, 3.63) is 24.0 Å². The Morgan fingerprint density at radius 3 is 3.29 bits per heavy atom. The van der Waals surface area contributed by atoms with E-state index in [1.54, 1.807) is 12.4 Å². The first-order chi connectivity index (χ1) is 6.86. The topological polar surface area (TPSA) is 73.3 Å². The van der Waals surface area contributed by atoms with Gasteiger partial charge in [-0.05, 0) is 6.07 Å². The van der Waals surface area contributed by atoms with Gasteiger partial charge in [0.1, 0.15) is 5.65 Å². The third kappa shape index (κ3) is 0.884. The molecular formula is C8H7BN4O. The van der Waals surface area contributed by atoms with Crippen molar-refractivity contribution >= 4 is 29.8 Å². The van der Waals surface area contributed by atoms with E-state index in [0.717, 1.165) is 22.1 Å². The summed E-state index contributed by atoms with van der Waals surface area (Å²) in [5.41, 5.74) is 2.49. The molecule has 3 heterocycles. The highest BCUT2D eigenvalue weighted by Gasteiger charge is 2.23. The van der Waals surface area contributed by atoms with Gasteiger partial charge in [0.15, 0.2) is 0 Å². The summed E-state index contributed by atoms with van der Waals surface area (Å²) < 4.78 is 0. The first-order valence-corrected chi connectivity index (χ1v) is 4.29. The number of nitrogens with one attached hydrogen (secondary N) is 2. The molecule has 0 aliphatic carbocycles. The van der Waals surface area contributed by atoms with Crippen LogP contribution in [-0.2, 0) is 0 Å². The van der Waals surface area contributed by atoms with E-state index < -0.39 is 7.05 Å². The second-order valence-corrected chi connectivity index (χ2v) is 3.16. The van der Waals surface area contributed by atoms with E-state index in [2.05, 4.69) is 20.4 Å². The molecule has 0 radical (unpaired) electrons. The Balaban J connectivity index is 2.40. The fraction of sp³-hybridized carbons (Fsp3) is 0. The standard InChI is InChI=1S/C8H7BN4O/c14-9-7-4-11-8-5(1-2-10-8)6(7)3-12-13-9/h1-4,13-14H,(H,10,11). The second kappa shape index (κ2) is 2.59. The van der Waals surface area contributed by atoms with E-state index in [0.29, 0.717) is 0 Å². The van der Waals surface area contributed by atoms with Crippen LogP contribution in [0.5, 0.6) is 0 Å². The minimum atomic E-state index is -0.762. The molecule has 0 saturated heterocycles. The Morgan fingerprint density at radius 2 is 2.36 bits per heavy atom. The maximum Gasteiger partial charge on any atom is 0.465 e. The number of rotatable bonds is 0. The van der Waals surface area contributed by atoms with E-state index >= 15 is 0 Å². The van der Waals surface area contributed by atoms with Gasteiger partial charge in [0.25, 0.3) is 0 Å². The molecule has 1 aliphatic rings. The van der Waals surface area contributed by atoms with Gasteiger partial charge < -0.3 is 15.3 Å². The Kier molecular flexibility index (Phi) is 1.40. The molecule has 5 nitrogen and oxygen atoms in total. The summed E-state index contributed by atoms with van der Waals surface area (Å²) in [5, 5.41) is 17.0. The van der Waals surface area contributed by atoms with Crippen LogP contribution in [0.4, 0.5) is 0 Å². The zero-order chi connectivity index (χ0) is 9.54. The predicted molar refractivity (Wildman–Crippen MR) is 54.4 cm³/mol. The van der Waals surface area contributed by atoms with Crippen LogP contribution in [0.1, 0.15) is 5.56 Å². The van der Waals surface area contributed by atoms with E-state index in [1.807, 2.05) is 12.3 Å². The fourth-order valence-corrected chi connectivity index (χ4v) is 1.65. The molecular weight excluding hydrogens is 179 g/mol. The average molecular weight is 186 g/mol. The Bertz CT molecular complexity index is 521. The van der Waals surface area contributed by atoms with Gasteiger partial charge >= 0.3 is 7.05 Å². The molecule has 0 bridgehead atoms.